The van der Waals surface area contributed by atoms with E-state index in [1.807, 2.05) is 13.1 Å². The number of carboxylic acid groups (broad SMARTS) is 1. The molecule has 82 valence electrons. The Morgan fingerprint density at radius 3 is 2.87 bits per heavy atom. The molecule has 1 aliphatic heterocycles. The van der Waals surface area contributed by atoms with Gasteiger partial charge in [-0.15, -0.1) is 0 Å². The third-order valence-corrected chi connectivity index (χ3v) is 2.89. The van der Waals surface area contributed by atoms with Crippen molar-refractivity contribution < 1.29 is 9.90 Å². The Balaban J connectivity index is 1.73. The highest BCUT2D eigenvalue weighted by atomic mass is 16.4. The number of hydrogen-bond donors (Lipinski definition) is 1. The van der Waals surface area contributed by atoms with Gasteiger partial charge in [-0.2, -0.15) is 0 Å². The summed E-state index contributed by atoms with van der Waals surface area (Å²) >= 11 is 0. The van der Waals surface area contributed by atoms with E-state index in [0.29, 0.717) is 13.1 Å². The van der Waals surface area contributed by atoms with Gasteiger partial charge in [0.05, 0.1) is 5.92 Å². The smallest absolute Gasteiger partial charge is 0.309 e. The summed E-state index contributed by atoms with van der Waals surface area (Å²) < 4.78 is 2.08. The van der Waals surface area contributed by atoms with Gasteiger partial charge in [0.1, 0.15) is 5.82 Å². The van der Waals surface area contributed by atoms with Gasteiger partial charge in [0.2, 0.25) is 0 Å². The number of imidazole rings is 1. The van der Waals surface area contributed by atoms with Crippen LogP contribution in [0.1, 0.15) is 5.82 Å². The lowest BCUT2D eigenvalue weighted by Gasteiger charge is -2.36. The molecule has 0 saturated carbocycles. The van der Waals surface area contributed by atoms with Crippen molar-refractivity contribution in [2.24, 2.45) is 5.92 Å². The average molecular weight is 209 g/mol. The summed E-state index contributed by atoms with van der Waals surface area (Å²) in [5, 5.41) is 8.71. The van der Waals surface area contributed by atoms with Crippen LogP contribution in [0, 0.1) is 12.8 Å². The van der Waals surface area contributed by atoms with Crippen LogP contribution in [0.3, 0.4) is 0 Å². The normalized spacial score (nSPS) is 17.7. The van der Waals surface area contributed by atoms with Gasteiger partial charge < -0.3 is 9.67 Å². The van der Waals surface area contributed by atoms with Crippen LogP contribution in [-0.2, 0) is 11.3 Å². The molecule has 0 unspecified atom stereocenters. The van der Waals surface area contributed by atoms with E-state index in [4.69, 9.17) is 5.11 Å². The zero-order chi connectivity index (χ0) is 10.8. The van der Waals surface area contributed by atoms with Crippen LogP contribution in [0.15, 0.2) is 12.4 Å². The Morgan fingerprint density at radius 2 is 2.33 bits per heavy atom. The van der Waals surface area contributed by atoms with Crippen molar-refractivity contribution >= 4 is 5.97 Å². The first-order chi connectivity index (χ1) is 7.16. The zero-order valence-electron chi connectivity index (χ0n) is 8.76. The van der Waals surface area contributed by atoms with Crippen LogP contribution in [0.5, 0.6) is 0 Å². The number of carbonyl (C=O) groups is 1. The van der Waals surface area contributed by atoms with E-state index in [9.17, 15) is 4.79 Å². The molecule has 0 aromatic carbocycles. The second-order valence-corrected chi connectivity index (χ2v) is 3.96. The molecule has 1 aromatic rings. The molecule has 0 spiro atoms. The first-order valence-electron chi connectivity index (χ1n) is 5.09. The third kappa shape index (κ3) is 2.18. The monoisotopic (exact) mass is 209 g/mol. The lowest BCUT2D eigenvalue weighted by atomic mass is 10.0. The summed E-state index contributed by atoms with van der Waals surface area (Å²) in [6, 6.07) is 0. The summed E-state index contributed by atoms with van der Waals surface area (Å²) in [6.07, 6.45) is 3.73. The topological polar surface area (TPSA) is 58.4 Å². The van der Waals surface area contributed by atoms with Gasteiger partial charge in [-0.25, -0.2) is 4.98 Å². The average Bonchev–Trinajstić information content (AvgIpc) is 2.48. The molecule has 1 aromatic heterocycles. The van der Waals surface area contributed by atoms with Crippen molar-refractivity contribution in [3.63, 3.8) is 0 Å². The SMILES string of the molecule is Cc1nccn1CCN1CC(C(=O)O)C1. The zero-order valence-corrected chi connectivity index (χ0v) is 8.76. The van der Waals surface area contributed by atoms with Gasteiger partial charge >= 0.3 is 5.97 Å². The maximum Gasteiger partial charge on any atom is 0.309 e. The molecular weight excluding hydrogens is 194 g/mol. The number of aromatic nitrogens is 2. The number of rotatable bonds is 4. The number of carboxylic acids is 1. The molecule has 1 fully saturated rings. The van der Waals surface area contributed by atoms with Gasteiger partial charge in [0, 0.05) is 38.6 Å². The first kappa shape index (κ1) is 10.2. The van der Waals surface area contributed by atoms with Crippen LogP contribution in [0.25, 0.3) is 0 Å². The highest BCUT2D eigenvalue weighted by Gasteiger charge is 2.31. The van der Waals surface area contributed by atoms with Crippen molar-refractivity contribution in [2.75, 3.05) is 19.6 Å². The molecule has 2 rings (SSSR count). The van der Waals surface area contributed by atoms with E-state index >= 15 is 0 Å². The highest BCUT2D eigenvalue weighted by Crippen LogP contribution is 2.15. The molecule has 0 bridgehead atoms. The van der Waals surface area contributed by atoms with E-state index in [1.54, 1.807) is 6.20 Å². The van der Waals surface area contributed by atoms with Gasteiger partial charge in [-0.3, -0.25) is 9.69 Å². The fourth-order valence-corrected chi connectivity index (χ4v) is 1.80. The molecule has 1 N–H and O–H groups in total. The summed E-state index contributed by atoms with van der Waals surface area (Å²) in [4.78, 5) is 16.9. The largest absolute Gasteiger partial charge is 0.481 e. The second kappa shape index (κ2) is 4.02. The molecule has 0 amide bonds. The van der Waals surface area contributed by atoms with E-state index in [-0.39, 0.29) is 5.92 Å². The molecule has 1 aliphatic rings. The lowest BCUT2D eigenvalue weighted by molar-refractivity contribution is -0.147. The number of aryl methyl sites for hydroxylation is 1. The van der Waals surface area contributed by atoms with Crippen LogP contribution in [0.2, 0.25) is 0 Å². The lowest BCUT2D eigenvalue weighted by Crippen LogP contribution is -2.51. The maximum absolute atomic E-state index is 10.6. The standard InChI is InChI=1S/C10H15N3O2/c1-8-11-2-3-13(8)5-4-12-6-9(7-12)10(14)15/h2-3,9H,4-7H2,1H3,(H,14,15). The second-order valence-electron chi connectivity index (χ2n) is 3.96. The van der Waals surface area contributed by atoms with Crippen LogP contribution >= 0.6 is 0 Å². The Hall–Kier alpha value is -1.36. The van der Waals surface area contributed by atoms with Crippen LogP contribution in [-0.4, -0.2) is 45.2 Å². The fraction of sp³-hybridized carbons (Fsp3) is 0.600. The highest BCUT2D eigenvalue weighted by molar-refractivity contribution is 5.71. The van der Waals surface area contributed by atoms with Crippen LogP contribution < -0.4 is 0 Å². The fourth-order valence-electron chi connectivity index (χ4n) is 1.80. The summed E-state index contributed by atoms with van der Waals surface area (Å²) in [5.74, 6) is 0.171. The Bertz CT molecular complexity index is 355. The molecule has 0 aliphatic carbocycles. The molecule has 5 nitrogen and oxygen atoms in total. The third-order valence-electron chi connectivity index (χ3n) is 2.89. The summed E-state index contributed by atoms with van der Waals surface area (Å²) in [6.45, 7) is 5.13. The number of likely N-dealkylation sites (tertiary alicyclic amines) is 1. The molecule has 1 saturated heterocycles. The van der Waals surface area contributed by atoms with E-state index in [0.717, 1.165) is 18.9 Å². The van der Waals surface area contributed by atoms with Crippen molar-refractivity contribution in [3.8, 4) is 0 Å². The molecule has 2 heterocycles. The van der Waals surface area contributed by atoms with E-state index < -0.39 is 5.97 Å². The minimum atomic E-state index is -0.676. The summed E-state index contributed by atoms with van der Waals surface area (Å²) in [7, 11) is 0. The minimum Gasteiger partial charge on any atom is -0.481 e. The Labute approximate surface area is 88.3 Å². The van der Waals surface area contributed by atoms with Crippen molar-refractivity contribution in [2.45, 2.75) is 13.5 Å². The Kier molecular flexibility index (Phi) is 2.73. The molecular formula is C10H15N3O2. The molecule has 0 radical (unpaired) electrons. The Morgan fingerprint density at radius 1 is 1.60 bits per heavy atom. The number of aliphatic carboxylic acids is 1. The van der Waals surface area contributed by atoms with Gasteiger partial charge in [-0.1, -0.05) is 0 Å². The van der Waals surface area contributed by atoms with E-state index in [1.165, 1.54) is 0 Å². The van der Waals surface area contributed by atoms with Gasteiger partial charge in [0.15, 0.2) is 0 Å². The predicted molar refractivity (Wildman–Crippen MR) is 54.5 cm³/mol. The molecule has 5 heteroatoms. The predicted octanol–water partition coefficient (Wildman–Crippen LogP) is 0.208. The first-order valence-corrected chi connectivity index (χ1v) is 5.09. The van der Waals surface area contributed by atoms with Crippen molar-refractivity contribution in [1.29, 1.82) is 0 Å². The van der Waals surface area contributed by atoms with E-state index in [2.05, 4.69) is 14.5 Å². The minimum absolute atomic E-state index is 0.158. The maximum atomic E-state index is 10.6. The van der Waals surface area contributed by atoms with Crippen molar-refractivity contribution in [1.82, 2.24) is 14.5 Å². The van der Waals surface area contributed by atoms with Gasteiger partial charge in [-0.05, 0) is 6.92 Å². The van der Waals surface area contributed by atoms with Gasteiger partial charge in [0.25, 0.3) is 0 Å². The van der Waals surface area contributed by atoms with Crippen LogP contribution in [0.4, 0.5) is 0 Å². The molecule has 0 atom stereocenters. The number of hydrogen-bond acceptors (Lipinski definition) is 3. The number of nitrogens with zero attached hydrogens (tertiary/aromatic N) is 3. The van der Waals surface area contributed by atoms with Crippen molar-refractivity contribution in [3.05, 3.63) is 18.2 Å². The molecule has 15 heavy (non-hydrogen) atoms. The summed E-state index contributed by atoms with van der Waals surface area (Å²) in [5.41, 5.74) is 0. The quantitative estimate of drug-likeness (QED) is 0.770.